The van der Waals surface area contributed by atoms with E-state index in [2.05, 4.69) is 5.32 Å². The van der Waals surface area contributed by atoms with Crippen LogP contribution in [-0.4, -0.2) is 11.9 Å². The van der Waals surface area contributed by atoms with Gasteiger partial charge in [0.25, 0.3) is 5.91 Å². The smallest absolute Gasteiger partial charge is 0.251 e. The van der Waals surface area contributed by atoms with Gasteiger partial charge in [0.05, 0.1) is 0 Å². The Bertz CT molecular complexity index is 409. The molecule has 1 aromatic carbocycles. The lowest BCUT2D eigenvalue weighted by molar-refractivity contribution is 0.0929. The predicted octanol–water partition coefficient (Wildman–Crippen LogP) is 2.88. The van der Waals surface area contributed by atoms with E-state index in [1.165, 1.54) is 0 Å². The number of amides is 1. The minimum Gasteiger partial charge on any atom is -0.349 e. The first-order valence-electron chi connectivity index (χ1n) is 5.28. The van der Waals surface area contributed by atoms with E-state index in [0.29, 0.717) is 12.1 Å². The van der Waals surface area contributed by atoms with Crippen LogP contribution in [0, 0.1) is 23.4 Å². The highest BCUT2D eigenvalue weighted by molar-refractivity contribution is 5.94. The maximum atomic E-state index is 12.9. The van der Waals surface area contributed by atoms with Crippen molar-refractivity contribution in [2.75, 3.05) is 0 Å². The second kappa shape index (κ2) is 5.21. The van der Waals surface area contributed by atoms with Crippen LogP contribution in [0.2, 0.25) is 0 Å². The minimum absolute atomic E-state index is 0.140. The molecule has 0 aliphatic rings. The fraction of sp³-hybridized carbons (Fsp3) is 0.417. The summed E-state index contributed by atoms with van der Waals surface area (Å²) in [7, 11) is 0. The second-order valence-electron chi connectivity index (χ2n) is 4.26. The number of rotatable bonds is 3. The molecule has 2 nitrogen and oxygen atoms in total. The molecule has 0 aliphatic carbocycles. The molecule has 1 N–H and O–H groups in total. The molecule has 17 heavy (non-hydrogen) atoms. The van der Waals surface area contributed by atoms with Crippen LogP contribution in [-0.2, 0) is 0 Å². The van der Waals surface area contributed by atoms with Crippen LogP contribution in [0.1, 0.15) is 31.1 Å². The molecule has 0 saturated carbocycles. The molecule has 0 aromatic heterocycles. The maximum Gasteiger partial charge on any atom is 0.251 e. The van der Waals surface area contributed by atoms with Crippen molar-refractivity contribution in [2.24, 2.45) is 5.92 Å². The fourth-order valence-corrected chi connectivity index (χ4v) is 1.14. The van der Waals surface area contributed by atoms with Crippen LogP contribution in [0.4, 0.5) is 13.2 Å². The zero-order valence-corrected chi connectivity index (χ0v) is 9.85. The monoisotopic (exact) mass is 245 g/mol. The number of benzene rings is 1. The molecule has 1 aromatic rings. The van der Waals surface area contributed by atoms with Gasteiger partial charge < -0.3 is 5.32 Å². The van der Waals surface area contributed by atoms with E-state index in [9.17, 15) is 18.0 Å². The summed E-state index contributed by atoms with van der Waals surface area (Å²) in [6.07, 6.45) is 0. The van der Waals surface area contributed by atoms with Crippen LogP contribution in [0.5, 0.6) is 0 Å². The molecule has 1 atom stereocenters. The Morgan fingerprint density at radius 2 is 1.59 bits per heavy atom. The zero-order chi connectivity index (χ0) is 13.2. The largest absolute Gasteiger partial charge is 0.349 e. The number of hydrogen-bond donors (Lipinski definition) is 1. The summed E-state index contributed by atoms with van der Waals surface area (Å²) in [6.45, 7) is 5.58. The summed E-state index contributed by atoms with van der Waals surface area (Å²) in [5, 5.41) is 2.57. The lowest BCUT2D eigenvalue weighted by atomic mass is 10.1. The molecule has 94 valence electrons. The van der Waals surface area contributed by atoms with Gasteiger partial charge in [-0.15, -0.1) is 0 Å². The number of halogens is 3. The maximum absolute atomic E-state index is 12.9. The van der Waals surface area contributed by atoms with Crippen LogP contribution in [0.15, 0.2) is 12.1 Å². The van der Waals surface area contributed by atoms with E-state index < -0.39 is 23.4 Å². The Morgan fingerprint density at radius 3 is 2.00 bits per heavy atom. The van der Waals surface area contributed by atoms with Crippen molar-refractivity contribution in [3.8, 4) is 0 Å². The molecule has 0 spiro atoms. The summed E-state index contributed by atoms with van der Waals surface area (Å²) >= 11 is 0. The second-order valence-corrected chi connectivity index (χ2v) is 4.26. The number of nitrogens with one attached hydrogen (secondary N) is 1. The molecule has 0 radical (unpaired) electrons. The SMILES string of the molecule is CC(C)C(C)NC(=O)c1cc(F)c(F)c(F)c1. The average Bonchev–Trinajstić information content (AvgIpc) is 2.24. The molecule has 5 heteroatoms. The Balaban J connectivity index is 2.90. The Morgan fingerprint density at radius 1 is 1.12 bits per heavy atom. The number of carbonyl (C=O) groups is 1. The van der Waals surface area contributed by atoms with E-state index in [0.717, 1.165) is 0 Å². The van der Waals surface area contributed by atoms with Gasteiger partial charge in [-0.1, -0.05) is 13.8 Å². The summed E-state index contributed by atoms with van der Waals surface area (Å²) < 4.78 is 38.5. The van der Waals surface area contributed by atoms with Crippen molar-refractivity contribution in [3.05, 3.63) is 35.1 Å². The fourth-order valence-electron chi connectivity index (χ4n) is 1.14. The van der Waals surface area contributed by atoms with Gasteiger partial charge in [0.1, 0.15) is 0 Å². The van der Waals surface area contributed by atoms with Crippen molar-refractivity contribution < 1.29 is 18.0 Å². The van der Waals surface area contributed by atoms with Gasteiger partial charge in [-0.05, 0) is 25.0 Å². The van der Waals surface area contributed by atoms with Crippen molar-refractivity contribution >= 4 is 5.91 Å². The molecular weight excluding hydrogens is 231 g/mol. The van der Waals surface area contributed by atoms with Gasteiger partial charge in [-0.3, -0.25) is 4.79 Å². The van der Waals surface area contributed by atoms with Gasteiger partial charge in [0.2, 0.25) is 0 Å². The topological polar surface area (TPSA) is 29.1 Å². The highest BCUT2D eigenvalue weighted by Crippen LogP contribution is 2.14. The van der Waals surface area contributed by atoms with Gasteiger partial charge in [0.15, 0.2) is 17.5 Å². The quantitative estimate of drug-likeness (QED) is 0.815. The van der Waals surface area contributed by atoms with Crippen molar-refractivity contribution in [1.82, 2.24) is 5.32 Å². The third-order valence-corrected chi connectivity index (χ3v) is 2.60. The first kappa shape index (κ1) is 13.5. The van der Waals surface area contributed by atoms with Crippen LogP contribution in [0.3, 0.4) is 0 Å². The lowest BCUT2D eigenvalue weighted by Crippen LogP contribution is -2.36. The minimum atomic E-state index is -1.57. The molecule has 1 unspecified atom stereocenters. The Labute approximate surface area is 97.8 Å². The van der Waals surface area contributed by atoms with Crippen molar-refractivity contribution in [3.63, 3.8) is 0 Å². The average molecular weight is 245 g/mol. The summed E-state index contributed by atoms with van der Waals surface area (Å²) in [5.41, 5.74) is -0.228. The molecule has 1 rings (SSSR count). The number of carbonyl (C=O) groups excluding carboxylic acids is 1. The van der Waals surface area contributed by atoms with Gasteiger partial charge >= 0.3 is 0 Å². The first-order chi connectivity index (χ1) is 7.82. The Kier molecular flexibility index (Phi) is 4.15. The van der Waals surface area contributed by atoms with Gasteiger partial charge in [0, 0.05) is 11.6 Å². The molecule has 0 bridgehead atoms. The van der Waals surface area contributed by atoms with E-state index in [1.807, 2.05) is 13.8 Å². The lowest BCUT2D eigenvalue weighted by Gasteiger charge is -2.17. The van der Waals surface area contributed by atoms with Crippen molar-refractivity contribution in [2.45, 2.75) is 26.8 Å². The van der Waals surface area contributed by atoms with Crippen LogP contribution in [0.25, 0.3) is 0 Å². The molecule has 0 aliphatic heterocycles. The first-order valence-corrected chi connectivity index (χ1v) is 5.28. The third kappa shape index (κ3) is 3.22. The van der Waals surface area contributed by atoms with E-state index in [1.54, 1.807) is 6.92 Å². The van der Waals surface area contributed by atoms with E-state index in [-0.39, 0.29) is 17.5 Å². The molecule has 0 heterocycles. The van der Waals surface area contributed by atoms with Crippen molar-refractivity contribution in [1.29, 1.82) is 0 Å². The summed E-state index contributed by atoms with van der Waals surface area (Å²) in [5.74, 6) is -4.74. The van der Waals surface area contributed by atoms with Crippen LogP contribution < -0.4 is 5.32 Å². The third-order valence-electron chi connectivity index (χ3n) is 2.60. The normalized spacial score (nSPS) is 12.6. The zero-order valence-electron chi connectivity index (χ0n) is 9.85. The van der Waals surface area contributed by atoms with Crippen LogP contribution >= 0.6 is 0 Å². The van der Waals surface area contributed by atoms with E-state index >= 15 is 0 Å². The number of hydrogen-bond acceptors (Lipinski definition) is 1. The van der Waals surface area contributed by atoms with Gasteiger partial charge in [-0.25, -0.2) is 13.2 Å². The molecule has 0 saturated heterocycles. The predicted molar refractivity (Wildman–Crippen MR) is 58.1 cm³/mol. The molecule has 1 amide bonds. The highest BCUT2D eigenvalue weighted by Gasteiger charge is 2.17. The Hall–Kier alpha value is -1.52. The van der Waals surface area contributed by atoms with Gasteiger partial charge in [-0.2, -0.15) is 0 Å². The summed E-state index contributed by atoms with van der Waals surface area (Å²) in [6, 6.07) is 1.22. The molecule has 0 fully saturated rings. The highest BCUT2D eigenvalue weighted by atomic mass is 19.2. The summed E-state index contributed by atoms with van der Waals surface area (Å²) in [4.78, 5) is 11.6. The molecular formula is C12H14F3NO. The van der Waals surface area contributed by atoms with E-state index in [4.69, 9.17) is 0 Å². The standard InChI is InChI=1S/C12H14F3NO/c1-6(2)7(3)16-12(17)8-4-9(13)11(15)10(14)5-8/h4-7H,1-3H3,(H,16,17).